The molecular formula is C18H23N3O2S. The second kappa shape index (κ2) is 7.83. The van der Waals surface area contributed by atoms with Crippen LogP contribution in [-0.4, -0.2) is 27.9 Å². The van der Waals surface area contributed by atoms with E-state index >= 15 is 0 Å². The highest BCUT2D eigenvalue weighted by Crippen LogP contribution is 2.26. The zero-order valence-corrected chi connectivity index (χ0v) is 14.9. The number of nitrogens with one attached hydrogen (secondary N) is 1. The van der Waals surface area contributed by atoms with Crippen molar-refractivity contribution in [2.24, 2.45) is 5.92 Å². The van der Waals surface area contributed by atoms with Crippen molar-refractivity contribution in [3.8, 4) is 11.5 Å². The van der Waals surface area contributed by atoms with Gasteiger partial charge in [0, 0.05) is 11.6 Å². The molecule has 128 valence electrons. The quantitative estimate of drug-likeness (QED) is 0.834. The van der Waals surface area contributed by atoms with Crippen molar-refractivity contribution in [2.75, 3.05) is 5.75 Å². The minimum atomic E-state index is 0.0365. The third kappa shape index (κ3) is 4.17. The number of benzene rings is 1. The Bertz CT molecular complexity index is 701. The smallest absolute Gasteiger partial charge is 0.277 e. The number of carbonyl (C=O) groups is 1. The maximum atomic E-state index is 12.1. The molecule has 0 bridgehead atoms. The lowest BCUT2D eigenvalue weighted by molar-refractivity contribution is -0.119. The molecule has 1 aromatic carbocycles. The van der Waals surface area contributed by atoms with Crippen LogP contribution in [0.3, 0.4) is 0 Å². The summed E-state index contributed by atoms with van der Waals surface area (Å²) in [6.07, 6.45) is 4.74. The van der Waals surface area contributed by atoms with E-state index in [-0.39, 0.29) is 5.91 Å². The summed E-state index contributed by atoms with van der Waals surface area (Å²) in [5, 5.41) is 11.7. The monoisotopic (exact) mass is 345 g/mol. The molecule has 3 rings (SSSR count). The predicted octanol–water partition coefficient (Wildman–Crippen LogP) is 3.83. The Morgan fingerprint density at radius 2 is 2.08 bits per heavy atom. The van der Waals surface area contributed by atoms with Gasteiger partial charge in [0.05, 0.1) is 5.75 Å². The normalized spacial score (nSPS) is 20.8. The molecule has 1 amide bonds. The zero-order chi connectivity index (χ0) is 16.9. The van der Waals surface area contributed by atoms with E-state index < -0.39 is 0 Å². The van der Waals surface area contributed by atoms with Gasteiger partial charge in [-0.15, -0.1) is 10.2 Å². The van der Waals surface area contributed by atoms with E-state index in [0.717, 1.165) is 17.5 Å². The highest BCUT2D eigenvalue weighted by atomic mass is 32.2. The second-order valence-electron chi connectivity index (χ2n) is 6.41. The maximum absolute atomic E-state index is 12.1. The van der Waals surface area contributed by atoms with Gasteiger partial charge in [0.1, 0.15) is 0 Å². The number of aromatic nitrogens is 2. The Morgan fingerprint density at radius 3 is 2.88 bits per heavy atom. The number of rotatable bonds is 5. The van der Waals surface area contributed by atoms with E-state index in [1.807, 2.05) is 31.2 Å². The summed E-state index contributed by atoms with van der Waals surface area (Å²) in [7, 11) is 0. The fourth-order valence-corrected chi connectivity index (χ4v) is 3.67. The van der Waals surface area contributed by atoms with E-state index in [1.54, 1.807) is 0 Å². The first-order chi connectivity index (χ1) is 11.6. The first kappa shape index (κ1) is 17.0. The Hall–Kier alpha value is -1.82. The molecule has 2 atom stereocenters. The molecule has 0 unspecified atom stereocenters. The van der Waals surface area contributed by atoms with Gasteiger partial charge >= 0.3 is 0 Å². The largest absolute Gasteiger partial charge is 0.411 e. The Morgan fingerprint density at radius 1 is 1.29 bits per heavy atom. The average Bonchev–Trinajstić information content (AvgIpc) is 3.04. The third-order valence-corrected chi connectivity index (χ3v) is 5.38. The summed E-state index contributed by atoms with van der Waals surface area (Å²) in [6.45, 7) is 4.22. The van der Waals surface area contributed by atoms with E-state index in [0.29, 0.717) is 28.8 Å². The molecule has 1 aromatic heterocycles. The number of nitrogens with zero attached hydrogens (tertiary/aromatic N) is 2. The lowest BCUT2D eigenvalue weighted by Crippen LogP contribution is -2.41. The summed E-state index contributed by atoms with van der Waals surface area (Å²) >= 11 is 1.29. The van der Waals surface area contributed by atoms with Gasteiger partial charge in [-0.25, -0.2) is 0 Å². The van der Waals surface area contributed by atoms with Crippen LogP contribution in [0.5, 0.6) is 0 Å². The van der Waals surface area contributed by atoms with Gasteiger partial charge in [0.2, 0.25) is 11.8 Å². The van der Waals surface area contributed by atoms with Crippen LogP contribution in [0.2, 0.25) is 0 Å². The molecule has 0 spiro atoms. The van der Waals surface area contributed by atoms with Crippen molar-refractivity contribution < 1.29 is 9.21 Å². The molecule has 6 heteroatoms. The Kier molecular flexibility index (Phi) is 5.56. The SMILES string of the molecule is Cc1ccccc1-c1nnc(SCC(=O)N[C@H]2CCCC[C@H]2C)o1. The molecular weight excluding hydrogens is 322 g/mol. The van der Waals surface area contributed by atoms with Gasteiger partial charge < -0.3 is 9.73 Å². The molecule has 1 aliphatic rings. The van der Waals surface area contributed by atoms with Crippen molar-refractivity contribution in [2.45, 2.75) is 50.8 Å². The highest BCUT2D eigenvalue weighted by Gasteiger charge is 2.23. The molecule has 2 aromatic rings. The fraction of sp³-hybridized carbons (Fsp3) is 0.500. The van der Waals surface area contributed by atoms with Crippen LogP contribution in [0, 0.1) is 12.8 Å². The zero-order valence-electron chi connectivity index (χ0n) is 14.1. The molecule has 24 heavy (non-hydrogen) atoms. The number of amides is 1. The number of thioether (sulfide) groups is 1. The summed E-state index contributed by atoms with van der Waals surface area (Å²) in [5.41, 5.74) is 2.01. The number of aryl methyl sites for hydroxylation is 1. The molecule has 5 nitrogen and oxygen atoms in total. The number of carbonyl (C=O) groups excluding carboxylic acids is 1. The molecule has 1 aliphatic carbocycles. The van der Waals surface area contributed by atoms with Crippen LogP contribution >= 0.6 is 11.8 Å². The average molecular weight is 345 g/mol. The lowest BCUT2D eigenvalue weighted by atomic mass is 9.86. The topological polar surface area (TPSA) is 68.0 Å². The van der Waals surface area contributed by atoms with Gasteiger partial charge in [-0.3, -0.25) is 4.79 Å². The van der Waals surface area contributed by atoms with Crippen molar-refractivity contribution in [3.63, 3.8) is 0 Å². The molecule has 1 heterocycles. The second-order valence-corrected chi connectivity index (χ2v) is 7.34. The van der Waals surface area contributed by atoms with Gasteiger partial charge in [-0.1, -0.05) is 49.7 Å². The van der Waals surface area contributed by atoms with Crippen LogP contribution in [0.15, 0.2) is 33.9 Å². The van der Waals surface area contributed by atoms with Crippen molar-refractivity contribution in [1.29, 1.82) is 0 Å². The van der Waals surface area contributed by atoms with Crippen molar-refractivity contribution in [3.05, 3.63) is 29.8 Å². The minimum absolute atomic E-state index is 0.0365. The van der Waals surface area contributed by atoms with E-state index in [1.165, 1.54) is 31.0 Å². The van der Waals surface area contributed by atoms with Crippen LogP contribution < -0.4 is 5.32 Å². The highest BCUT2D eigenvalue weighted by molar-refractivity contribution is 7.99. The van der Waals surface area contributed by atoms with Crippen molar-refractivity contribution in [1.82, 2.24) is 15.5 Å². The van der Waals surface area contributed by atoms with Gasteiger partial charge in [0.25, 0.3) is 5.22 Å². The van der Waals surface area contributed by atoms with Gasteiger partial charge in [-0.05, 0) is 37.3 Å². The summed E-state index contributed by atoms with van der Waals surface area (Å²) in [6, 6.07) is 8.18. The van der Waals surface area contributed by atoms with E-state index in [4.69, 9.17) is 4.42 Å². The van der Waals surface area contributed by atoms with Crippen LogP contribution in [0.1, 0.15) is 38.2 Å². The third-order valence-electron chi connectivity index (χ3n) is 4.57. The number of hydrogen-bond donors (Lipinski definition) is 1. The van der Waals surface area contributed by atoms with Crippen molar-refractivity contribution >= 4 is 17.7 Å². The molecule has 0 radical (unpaired) electrons. The maximum Gasteiger partial charge on any atom is 0.277 e. The standard InChI is InChI=1S/C18H23N3O2S/c1-12-7-3-5-9-14(12)17-20-21-18(23-17)24-11-16(22)19-15-10-6-4-8-13(15)2/h3,5,7,9,13,15H,4,6,8,10-11H2,1-2H3,(H,19,22)/t13-,15+/m1/s1. The minimum Gasteiger partial charge on any atom is -0.411 e. The number of hydrogen-bond acceptors (Lipinski definition) is 5. The summed E-state index contributed by atoms with van der Waals surface area (Å²) in [4.78, 5) is 12.1. The van der Waals surface area contributed by atoms with Crippen LogP contribution in [0.25, 0.3) is 11.5 Å². The molecule has 1 saturated carbocycles. The first-order valence-corrected chi connectivity index (χ1v) is 9.43. The summed E-state index contributed by atoms with van der Waals surface area (Å²) in [5.74, 6) is 1.40. The lowest BCUT2D eigenvalue weighted by Gasteiger charge is -2.29. The Labute approximate surface area is 146 Å². The molecule has 0 saturated heterocycles. The van der Waals surface area contributed by atoms with Crippen LogP contribution in [-0.2, 0) is 4.79 Å². The molecule has 1 fully saturated rings. The predicted molar refractivity (Wildman–Crippen MR) is 94.8 cm³/mol. The Balaban J connectivity index is 1.54. The van der Waals surface area contributed by atoms with Gasteiger partial charge in [-0.2, -0.15) is 0 Å². The van der Waals surface area contributed by atoms with E-state index in [9.17, 15) is 4.79 Å². The first-order valence-electron chi connectivity index (χ1n) is 8.45. The fourth-order valence-electron chi connectivity index (χ4n) is 3.10. The summed E-state index contributed by atoms with van der Waals surface area (Å²) < 4.78 is 5.67. The van der Waals surface area contributed by atoms with E-state index in [2.05, 4.69) is 22.4 Å². The van der Waals surface area contributed by atoms with Crippen LogP contribution in [0.4, 0.5) is 0 Å². The molecule has 1 N–H and O–H groups in total. The molecule has 0 aliphatic heterocycles. The van der Waals surface area contributed by atoms with Gasteiger partial charge in [0.15, 0.2) is 0 Å².